The van der Waals surface area contributed by atoms with E-state index in [1.165, 1.54) is 6.26 Å². The molecule has 0 aliphatic rings. The summed E-state index contributed by atoms with van der Waals surface area (Å²) in [5.74, 6) is 4.84. The van der Waals surface area contributed by atoms with E-state index in [4.69, 9.17) is 10.4 Å². The molecule has 0 bridgehead atoms. The monoisotopic (exact) mass is 280 g/mol. The first-order chi connectivity index (χ1) is 10.3. The Kier molecular flexibility index (Phi) is 3.44. The average molecular weight is 280 g/mol. The predicted octanol–water partition coefficient (Wildman–Crippen LogP) is 2.01. The molecule has 3 N–H and O–H groups in total. The van der Waals surface area contributed by atoms with Crippen molar-refractivity contribution < 1.29 is 9.32 Å². The highest BCUT2D eigenvalue weighted by atomic mass is 16.5. The number of nitrogens with one attached hydrogen (secondary N) is 1. The number of hydrazine groups is 1. The predicted molar refractivity (Wildman–Crippen MR) is 76.8 cm³/mol. The summed E-state index contributed by atoms with van der Waals surface area (Å²) in [7, 11) is 0. The number of nitrogens with two attached hydrogens (primary N) is 1. The highest BCUT2D eigenvalue weighted by Crippen LogP contribution is 2.31. The van der Waals surface area contributed by atoms with Crippen molar-refractivity contribution in [3.05, 3.63) is 60.4 Å². The molecule has 21 heavy (non-hydrogen) atoms. The first-order valence-electron chi connectivity index (χ1n) is 6.27. The van der Waals surface area contributed by atoms with Crippen LogP contribution in [0.3, 0.4) is 0 Å². The molecule has 6 heteroatoms. The Labute approximate surface area is 120 Å². The Morgan fingerprint density at radius 3 is 2.57 bits per heavy atom. The summed E-state index contributed by atoms with van der Waals surface area (Å²) in [6, 6.07) is 14.9. The molecule has 1 aromatic heterocycles. The molecular weight excluding hydrogens is 268 g/mol. The third-order valence-electron chi connectivity index (χ3n) is 3.13. The molecule has 1 amide bonds. The van der Waals surface area contributed by atoms with Gasteiger partial charge in [0.05, 0.1) is 0 Å². The minimum atomic E-state index is -0.350. The highest BCUT2D eigenvalue weighted by Gasteiger charge is 2.13. The lowest BCUT2D eigenvalue weighted by Gasteiger charge is -2.09. The van der Waals surface area contributed by atoms with E-state index in [-0.39, 0.29) is 5.91 Å². The maximum Gasteiger partial charge on any atom is 0.265 e. The van der Waals surface area contributed by atoms with E-state index in [0.717, 1.165) is 16.7 Å². The minimum Gasteiger partial charge on any atom is -0.345 e. The second kappa shape index (κ2) is 5.56. The number of carbonyl (C=O) groups is 1. The summed E-state index contributed by atoms with van der Waals surface area (Å²) in [5.41, 5.74) is 5.85. The fraction of sp³-hybridized carbons (Fsp3) is 0. The number of benzene rings is 2. The topological polar surface area (TPSA) is 94.0 Å². The van der Waals surface area contributed by atoms with E-state index in [9.17, 15) is 4.79 Å². The number of rotatable bonds is 3. The SMILES string of the molecule is NNC(=O)c1ccc(-c2conn2)c(-c2ccccc2)c1. The Balaban J connectivity index is 2.19. The smallest absolute Gasteiger partial charge is 0.265 e. The number of nitrogens with zero attached hydrogens (tertiary/aromatic N) is 2. The van der Waals surface area contributed by atoms with Crippen LogP contribution in [0.1, 0.15) is 10.4 Å². The molecule has 3 rings (SSSR count). The fourth-order valence-corrected chi connectivity index (χ4v) is 2.13. The van der Waals surface area contributed by atoms with Gasteiger partial charge in [-0.1, -0.05) is 36.4 Å². The van der Waals surface area contributed by atoms with E-state index in [0.29, 0.717) is 11.3 Å². The first-order valence-corrected chi connectivity index (χ1v) is 6.27. The van der Waals surface area contributed by atoms with Crippen molar-refractivity contribution in [1.82, 2.24) is 15.8 Å². The molecule has 0 spiro atoms. The van der Waals surface area contributed by atoms with Gasteiger partial charge in [-0.2, -0.15) is 0 Å². The number of hydrogen-bond donors (Lipinski definition) is 2. The van der Waals surface area contributed by atoms with Crippen molar-refractivity contribution in [3.8, 4) is 22.4 Å². The zero-order chi connectivity index (χ0) is 14.7. The summed E-state index contributed by atoms with van der Waals surface area (Å²) in [5, 5.41) is 7.41. The molecule has 0 aliphatic heterocycles. The van der Waals surface area contributed by atoms with Crippen LogP contribution in [-0.4, -0.2) is 16.3 Å². The van der Waals surface area contributed by atoms with Gasteiger partial charge in [0.25, 0.3) is 5.91 Å². The number of aromatic nitrogens is 2. The van der Waals surface area contributed by atoms with Gasteiger partial charge in [0.15, 0.2) is 6.26 Å². The van der Waals surface area contributed by atoms with Crippen LogP contribution in [0.4, 0.5) is 0 Å². The number of amides is 1. The van der Waals surface area contributed by atoms with Crippen molar-refractivity contribution in [1.29, 1.82) is 0 Å². The van der Waals surface area contributed by atoms with Gasteiger partial charge in [-0.15, -0.1) is 5.10 Å². The Bertz CT molecular complexity index is 755. The van der Waals surface area contributed by atoms with Crippen LogP contribution in [0, 0.1) is 0 Å². The van der Waals surface area contributed by atoms with Gasteiger partial charge in [-0.3, -0.25) is 10.2 Å². The standard InChI is InChI=1S/C15H12N4O2/c16-17-15(20)11-6-7-12(14-9-21-19-18-14)13(8-11)10-4-2-1-3-5-10/h1-9H,16H2,(H,17,20). The molecule has 104 valence electrons. The molecule has 0 radical (unpaired) electrons. The van der Waals surface area contributed by atoms with E-state index >= 15 is 0 Å². The summed E-state index contributed by atoms with van der Waals surface area (Å²) < 4.78 is 4.80. The molecule has 3 aromatic rings. The zero-order valence-corrected chi connectivity index (χ0v) is 11.0. The van der Waals surface area contributed by atoms with Crippen LogP contribution >= 0.6 is 0 Å². The molecule has 1 heterocycles. The van der Waals surface area contributed by atoms with Gasteiger partial charge < -0.3 is 4.52 Å². The molecule has 6 nitrogen and oxygen atoms in total. The van der Waals surface area contributed by atoms with Crippen LogP contribution in [0.5, 0.6) is 0 Å². The summed E-state index contributed by atoms with van der Waals surface area (Å²) >= 11 is 0. The number of hydrogen-bond acceptors (Lipinski definition) is 5. The maximum absolute atomic E-state index is 11.7. The molecule has 0 aliphatic carbocycles. The lowest BCUT2D eigenvalue weighted by atomic mass is 9.95. The van der Waals surface area contributed by atoms with Gasteiger partial charge in [0.2, 0.25) is 0 Å². The summed E-state index contributed by atoms with van der Waals surface area (Å²) in [6.45, 7) is 0. The lowest BCUT2D eigenvalue weighted by molar-refractivity contribution is 0.0953. The van der Waals surface area contributed by atoms with Crippen molar-refractivity contribution in [3.63, 3.8) is 0 Å². The van der Waals surface area contributed by atoms with E-state index in [1.54, 1.807) is 18.2 Å². The van der Waals surface area contributed by atoms with E-state index in [1.807, 2.05) is 30.3 Å². The number of carbonyl (C=O) groups excluding carboxylic acids is 1. The second-order valence-corrected chi connectivity index (χ2v) is 4.39. The zero-order valence-electron chi connectivity index (χ0n) is 11.0. The molecule has 0 atom stereocenters. The second-order valence-electron chi connectivity index (χ2n) is 4.39. The van der Waals surface area contributed by atoms with Crippen LogP contribution in [0.2, 0.25) is 0 Å². The first kappa shape index (κ1) is 13.0. The largest absolute Gasteiger partial charge is 0.345 e. The number of nitrogen functional groups attached to an aromatic ring is 1. The molecule has 0 unspecified atom stereocenters. The molecule has 2 aromatic carbocycles. The van der Waals surface area contributed by atoms with Crippen molar-refractivity contribution >= 4 is 5.91 Å². The average Bonchev–Trinajstić information content (AvgIpc) is 3.08. The Hall–Kier alpha value is -2.99. The third kappa shape index (κ3) is 2.52. The molecule has 0 saturated heterocycles. The summed E-state index contributed by atoms with van der Waals surface area (Å²) in [6.07, 6.45) is 1.46. The third-order valence-corrected chi connectivity index (χ3v) is 3.13. The molecular formula is C15H12N4O2. The Morgan fingerprint density at radius 2 is 1.90 bits per heavy atom. The van der Waals surface area contributed by atoms with Crippen LogP contribution in [-0.2, 0) is 0 Å². The Morgan fingerprint density at radius 1 is 1.10 bits per heavy atom. The molecule has 0 fully saturated rings. The molecule has 0 saturated carbocycles. The van der Waals surface area contributed by atoms with Crippen molar-refractivity contribution in [2.24, 2.45) is 5.84 Å². The summed E-state index contributed by atoms with van der Waals surface area (Å²) in [4.78, 5) is 11.7. The van der Waals surface area contributed by atoms with E-state index in [2.05, 4.69) is 15.8 Å². The minimum absolute atomic E-state index is 0.350. The van der Waals surface area contributed by atoms with Gasteiger partial charge in [0, 0.05) is 16.4 Å². The van der Waals surface area contributed by atoms with Crippen LogP contribution in [0.25, 0.3) is 22.4 Å². The quantitative estimate of drug-likeness (QED) is 0.435. The fourth-order valence-electron chi connectivity index (χ4n) is 2.13. The normalized spacial score (nSPS) is 10.3. The van der Waals surface area contributed by atoms with Crippen LogP contribution in [0.15, 0.2) is 59.3 Å². The van der Waals surface area contributed by atoms with Gasteiger partial charge in [-0.25, -0.2) is 5.84 Å². The van der Waals surface area contributed by atoms with Crippen molar-refractivity contribution in [2.75, 3.05) is 0 Å². The maximum atomic E-state index is 11.7. The lowest BCUT2D eigenvalue weighted by Crippen LogP contribution is -2.29. The highest BCUT2D eigenvalue weighted by molar-refractivity contribution is 5.97. The van der Waals surface area contributed by atoms with Crippen molar-refractivity contribution in [2.45, 2.75) is 0 Å². The van der Waals surface area contributed by atoms with Gasteiger partial charge in [0.1, 0.15) is 5.69 Å². The van der Waals surface area contributed by atoms with Gasteiger partial charge >= 0.3 is 0 Å². The van der Waals surface area contributed by atoms with E-state index < -0.39 is 0 Å². The van der Waals surface area contributed by atoms with Crippen LogP contribution < -0.4 is 11.3 Å². The van der Waals surface area contributed by atoms with Gasteiger partial charge in [-0.05, 0) is 23.3 Å².